The van der Waals surface area contributed by atoms with Crippen LogP contribution in [0.4, 0.5) is 11.4 Å². The summed E-state index contributed by atoms with van der Waals surface area (Å²) in [6.45, 7) is 11.9. The predicted molar refractivity (Wildman–Crippen MR) is 146 cm³/mol. The summed E-state index contributed by atoms with van der Waals surface area (Å²) >= 11 is 0. The predicted octanol–water partition coefficient (Wildman–Crippen LogP) is 7.49. The van der Waals surface area contributed by atoms with Gasteiger partial charge in [0.2, 0.25) is 0 Å². The van der Waals surface area contributed by atoms with Gasteiger partial charge in [0, 0.05) is 22.8 Å². The molecule has 0 saturated carbocycles. The quantitative estimate of drug-likeness (QED) is 0.208. The summed E-state index contributed by atoms with van der Waals surface area (Å²) in [5.41, 5.74) is 5.48. The number of nitrogens with one attached hydrogen (secondary N) is 1. The molecule has 0 aliphatic rings. The first-order valence-corrected chi connectivity index (χ1v) is 12.0. The molecule has 0 aliphatic carbocycles. The number of hydrogen-bond acceptors (Lipinski definition) is 6. The van der Waals surface area contributed by atoms with Crippen LogP contribution in [-0.4, -0.2) is 17.0 Å². The fraction of sp³-hybridized carbons (Fsp3) is 0.267. The van der Waals surface area contributed by atoms with Gasteiger partial charge in [0.1, 0.15) is 5.75 Å². The van der Waals surface area contributed by atoms with E-state index in [-0.39, 0.29) is 16.6 Å². The fourth-order valence-corrected chi connectivity index (χ4v) is 3.53. The molecule has 0 heterocycles. The Hall–Kier alpha value is -4.26. The molecule has 0 atom stereocenters. The molecule has 0 fully saturated rings. The number of benzene rings is 3. The highest BCUT2D eigenvalue weighted by molar-refractivity contribution is 5.95. The van der Waals surface area contributed by atoms with Crippen molar-refractivity contribution in [1.82, 2.24) is 0 Å². The maximum Gasteiger partial charge on any atom is 0.355 e. The lowest BCUT2D eigenvalue weighted by molar-refractivity contribution is -0.134. The van der Waals surface area contributed by atoms with Gasteiger partial charge in [0.15, 0.2) is 0 Å². The zero-order valence-electron chi connectivity index (χ0n) is 22.1. The van der Waals surface area contributed by atoms with E-state index in [0.717, 1.165) is 5.56 Å². The Labute approximate surface area is 217 Å². The largest absolute Gasteiger partial charge is 0.507 e. The van der Waals surface area contributed by atoms with Crippen LogP contribution in [0.1, 0.15) is 68.6 Å². The minimum atomic E-state index is -0.545. The number of nitrogens with zero attached hydrogens (tertiary/aromatic N) is 2. The Kier molecular flexibility index (Phi) is 8.28. The van der Waals surface area contributed by atoms with Gasteiger partial charge in [-0.1, -0.05) is 71.9 Å². The second-order valence-corrected chi connectivity index (χ2v) is 10.7. The van der Waals surface area contributed by atoms with Gasteiger partial charge in [0.25, 0.3) is 5.91 Å². The number of aromatic hydroxyl groups is 1. The van der Waals surface area contributed by atoms with Crippen LogP contribution in [0.2, 0.25) is 0 Å². The molecule has 0 radical (unpaired) electrons. The second kappa shape index (κ2) is 11.2. The van der Waals surface area contributed by atoms with Crippen molar-refractivity contribution in [2.24, 2.45) is 10.2 Å². The molecule has 3 aromatic carbocycles. The van der Waals surface area contributed by atoms with E-state index in [1.54, 1.807) is 42.5 Å². The number of rotatable bonds is 6. The number of hydrogen-bond donors (Lipinski definition) is 2. The van der Waals surface area contributed by atoms with Crippen molar-refractivity contribution in [2.75, 3.05) is 5.48 Å². The van der Waals surface area contributed by atoms with E-state index in [9.17, 15) is 14.7 Å². The molecule has 37 heavy (non-hydrogen) atoms. The number of anilines is 1. The number of carbonyl (C=O) groups is 2. The summed E-state index contributed by atoms with van der Waals surface area (Å²) in [4.78, 5) is 29.8. The topological polar surface area (TPSA) is 100 Å². The standard InChI is InChI=1S/C30H33N3O4/c1-29(2,3)24-18-21(19-25(27(24)35)30(4,5)6)28(36)32-31-22-13-15-23(16-14-22)33-37-26(34)17-12-20-10-8-7-9-11-20/h7-19,33,35H,1-6H3/b17-12+,32-31?. The van der Waals surface area contributed by atoms with Crippen molar-refractivity contribution in [2.45, 2.75) is 52.4 Å². The third-order valence-electron chi connectivity index (χ3n) is 5.58. The lowest BCUT2D eigenvalue weighted by Gasteiger charge is -2.27. The Morgan fingerprint density at radius 3 is 1.97 bits per heavy atom. The fourth-order valence-electron chi connectivity index (χ4n) is 3.53. The molecule has 0 aromatic heterocycles. The van der Waals surface area contributed by atoms with E-state index in [1.165, 1.54) is 6.08 Å². The van der Waals surface area contributed by atoms with Crippen LogP contribution in [0.25, 0.3) is 6.08 Å². The Balaban J connectivity index is 1.67. The summed E-state index contributed by atoms with van der Waals surface area (Å²) in [7, 11) is 0. The Morgan fingerprint density at radius 1 is 0.865 bits per heavy atom. The first kappa shape index (κ1) is 27.3. The first-order chi connectivity index (χ1) is 17.3. The van der Waals surface area contributed by atoms with Crippen LogP contribution >= 0.6 is 0 Å². The molecule has 0 bridgehead atoms. The molecule has 1 amide bonds. The highest BCUT2D eigenvalue weighted by Crippen LogP contribution is 2.40. The maximum atomic E-state index is 12.9. The number of carbonyl (C=O) groups excluding carboxylic acids is 2. The third-order valence-corrected chi connectivity index (χ3v) is 5.58. The van der Waals surface area contributed by atoms with Crippen molar-refractivity contribution >= 4 is 29.3 Å². The van der Waals surface area contributed by atoms with Crippen molar-refractivity contribution in [1.29, 1.82) is 0 Å². The number of phenolic OH excluding ortho intramolecular Hbond substituents is 1. The van der Waals surface area contributed by atoms with Crippen LogP contribution in [0, 0.1) is 0 Å². The zero-order valence-corrected chi connectivity index (χ0v) is 22.1. The lowest BCUT2D eigenvalue weighted by atomic mass is 9.78. The van der Waals surface area contributed by atoms with Gasteiger partial charge in [0.05, 0.1) is 11.4 Å². The van der Waals surface area contributed by atoms with Gasteiger partial charge in [-0.15, -0.1) is 10.2 Å². The van der Waals surface area contributed by atoms with Crippen LogP contribution in [0.15, 0.2) is 83.0 Å². The average molecular weight is 500 g/mol. The smallest absolute Gasteiger partial charge is 0.355 e. The Morgan fingerprint density at radius 2 is 1.43 bits per heavy atom. The van der Waals surface area contributed by atoms with E-state index in [2.05, 4.69) is 15.7 Å². The van der Waals surface area contributed by atoms with E-state index >= 15 is 0 Å². The number of amides is 1. The van der Waals surface area contributed by atoms with E-state index < -0.39 is 11.9 Å². The monoisotopic (exact) mass is 499 g/mol. The summed E-state index contributed by atoms with van der Waals surface area (Å²) < 4.78 is 0. The van der Waals surface area contributed by atoms with Crippen LogP contribution in [0.3, 0.4) is 0 Å². The zero-order chi connectivity index (χ0) is 27.2. The Bertz CT molecular complexity index is 1280. The molecule has 0 unspecified atom stereocenters. The minimum Gasteiger partial charge on any atom is -0.507 e. The molecule has 0 saturated heterocycles. The van der Waals surface area contributed by atoms with Gasteiger partial charge < -0.3 is 9.94 Å². The average Bonchev–Trinajstić information content (AvgIpc) is 2.84. The van der Waals surface area contributed by atoms with Crippen LogP contribution in [-0.2, 0) is 20.5 Å². The highest BCUT2D eigenvalue weighted by atomic mass is 16.7. The van der Waals surface area contributed by atoms with Gasteiger partial charge in [-0.25, -0.2) is 10.3 Å². The number of phenols is 1. The van der Waals surface area contributed by atoms with Crippen molar-refractivity contribution in [3.05, 3.63) is 95.1 Å². The summed E-state index contributed by atoms with van der Waals surface area (Å²) in [5, 5.41) is 18.8. The number of azo groups is 1. The summed E-state index contributed by atoms with van der Waals surface area (Å²) in [6.07, 6.45) is 2.99. The van der Waals surface area contributed by atoms with Crippen LogP contribution < -0.4 is 5.48 Å². The van der Waals surface area contributed by atoms with E-state index in [0.29, 0.717) is 28.1 Å². The molecular weight excluding hydrogens is 466 g/mol. The normalized spacial score (nSPS) is 12.2. The molecule has 2 N–H and O–H groups in total. The third kappa shape index (κ3) is 7.61. The van der Waals surface area contributed by atoms with E-state index in [1.807, 2.05) is 71.9 Å². The first-order valence-electron chi connectivity index (χ1n) is 12.0. The highest BCUT2D eigenvalue weighted by Gasteiger charge is 2.27. The summed E-state index contributed by atoms with van der Waals surface area (Å²) in [5.74, 6) is -0.846. The molecule has 3 rings (SSSR count). The summed E-state index contributed by atoms with van der Waals surface area (Å²) in [6, 6.07) is 19.4. The SMILES string of the molecule is CC(C)(C)c1cc(C(=O)N=Nc2ccc(NOC(=O)/C=C/c3ccccc3)cc2)cc(C(C)(C)C)c1O. The molecule has 3 aromatic rings. The van der Waals surface area contributed by atoms with Gasteiger partial charge >= 0.3 is 5.97 Å². The van der Waals surface area contributed by atoms with Crippen molar-refractivity contribution in [3.63, 3.8) is 0 Å². The van der Waals surface area contributed by atoms with Crippen molar-refractivity contribution in [3.8, 4) is 5.75 Å². The van der Waals surface area contributed by atoms with Crippen molar-refractivity contribution < 1.29 is 19.5 Å². The minimum absolute atomic E-state index is 0.202. The second-order valence-electron chi connectivity index (χ2n) is 10.7. The maximum absolute atomic E-state index is 12.9. The lowest BCUT2D eigenvalue weighted by Crippen LogP contribution is -2.18. The molecule has 7 heteroatoms. The van der Waals surface area contributed by atoms with Gasteiger partial charge in [-0.3, -0.25) is 4.79 Å². The molecule has 0 aliphatic heterocycles. The van der Waals surface area contributed by atoms with Gasteiger partial charge in [-0.05, 0) is 58.9 Å². The molecular formula is C30H33N3O4. The molecule has 192 valence electrons. The van der Waals surface area contributed by atoms with E-state index in [4.69, 9.17) is 4.84 Å². The van der Waals surface area contributed by atoms with Gasteiger partial charge in [-0.2, -0.15) is 0 Å². The molecule has 7 nitrogen and oxygen atoms in total. The van der Waals surface area contributed by atoms with Crippen LogP contribution in [0.5, 0.6) is 5.75 Å². The molecule has 0 spiro atoms.